The Hall–Kier alpha value is -0.710. The molecule has 1 fully saturated rings. The SMILES string of the molecule is Cc1ccc(C(C)NC(=O)C2CSCN2)cc1.Cl. The predicted octanol–water partition coefficient (Wildman–Crippen LogP) is 2.26. The van der Waals surface area contributed by atoms with Crippen molar-refractivity contribution in [3.63, 3.8) is 0 Å². The van der Waals surface area contributed by atoms with Crippen LogP contribution in [0.1, 0.15) is 24.1 Å². The second-order valence-corrected chi connectivity index (χ2v) is 5.44. The zero-order valence-electron chi connectivity index (χ0n) is 10.6. The highest BCUT2D eigenvalue weighted by Gasteiger charge is 2.23. The summed E-state index contributed by atoms with van der Waals surface area (Å²) >= 11 is 1.76. The Morgan fingerprint density at radius 1 is 1.44 bits per heavy atom. The first kappa shape index (κ1) is 15.3. The topological polar surface area (TPSA) is 41.1 Å². The van der Waals surface area contributed by atoms with Crippen LogP contribution in [0, 0.1) is 6.92 Å². The lowest BCUT2D eigenvalue weighted by atomic mass is 10.1. The zero-order valence-corrected chi connectivity index (χ0v) is 12.2. The fourth-order valence-corrected chi connectivity index (χ4v) is 2.76. The Labute approximate surface area is 119 Å². The van der Waals surface area contributed by atoms with Gasteiger partial charge in [-0.15, -0.1) is 24.2 Å². The first-order valence-electron chi connectivity index (χ1n) is 5.85. The second-order valence-electron chi connectivity index (χ2n) is 4.41. The van der Waals surface area contributed by atoms with Crippen molar-refractivity contribution in [2.75, 3.05) is 11.6 Å². The molecule has 5 heteroatoms. The lowest BCUT2D eigenvalue weighted by molar-refractivity contribution is -0.123. The first-order valence-corrected chi connectivity index (χ1v) is 7.00. The number of nitrogens with one attached hydrogen (secondary N) is 2. The fraction of sp³-hybridized carbons (Fsp3) is 0.462. The van der Waals surface area contributed by atoms with E-state index in [0.717, 1.165) is 17.2 Å². The van der Waals surface area contributed by atoms with Crippen LogP contribution >= 0.6 is 24.2 Å². The van der Waals surface area contributed by atoms with E-state index in [9.17, 15) is 4.79 Å². The molecule has 0 bridgehead atoms. The van der Waals surface area contributed by atoms with Crippen LogP contribution in [-0.4, -0.2) is 23.6 Å². The van der Waals surface area contributed by atoms with Crippen LogP contribution in [0.4, 0.5) is 0 Å². The lowest BCUT2D eigenvalue weighted by Gasteiger charge is -2.17. The van der Waals surface area contributed by atoms with Crippen LogP contribution in [0.2, 0.25) is 0 Å². The molecule has 2 rings (SSSR count). The van der Waals surface area contributed by atoms with Gasteiger partial charge in [-0.3, -0.25) is 10.1 Å². The number of hydrogen-bond donors (Lipinski definition) is 2. The summed E-state index contributed by atoms with van der Waals surface area (Å²) in [5.74, 6) is 1.84. The van der Waals surface area contributed by atoms with E-state index in [2.05, 4.69) is 41.8 Å². The summed E-state index contributed by atoms with van der Waals surface area (Å²) in [5.41, 5.74) is 2.38. The molecule has 1 heterocycles. The summed E-state index contributed by atoms with van der Waals surface area (Å²) in [4.78, 5) is 11.9. The van der Waals surface area contributed by atoms with Gasteiger partial charge in [-0.2, -0.15) is 0 Å². The largest absolute Gasteiger partial charge is 0.348 e. The summed E-state index contributed by atoms with van der Waals surface area (Å²) < 4.78 is 0. The quantitative estimate of drug-likeness (QED) is 0.895. The van der Waals surface area contributed by atoms with E-state index in [1.807, 2.05) is 6.92 Å². The van der Waals surface area contributed by atoms with Crippen molar-refractivity contribution in [2.24, 2.45) is 0 Å². The summed E-state index contributed by atoms with van der Waals surface area (Å²) in [6, 6.07) is 8.31. The molecule has 2 atom stereocenters. The van der Waals surface area contributed by atoms with Gasteiger partial charge in [0.1, 0.15) is 0 Å². The standard InChI is InChI=1S/C13H18N2OS.ClH/c1-9-3-5-11(6-4-9)10(2)15-13(16)12-7-17-8-14-12;/h3-6,10,12,14H,7-8H2,1-2H3,(H,15,16);1H. The van der Waals surface area contributed by atoms with Crippen molar-refractivity contribution in [1.29, 1.82) is 0 Å². The van der Waals surface area contributed by atoms with Crippen LogP contribution in [0.15, 0.2) is 24.3 Å². The third kappa shape index (κ3) is 3.90. The predicted molar refractivity (Wildman–Crippen MR) is 79.2 cm³/mol. The molecule has 1 aromatic carbocycles. The van der Waals surface area contributed by atoms with E-state index < -0.39 is 0 Å². The molecule has 0 radical (unpaired) electrons. The fourth-order valence-electron chi connectivity index (χ4n) is 1.82. The van der Waals surface area contributed by atoms with Crippen molar-refractivity contribution in [1.82, 2.24) is 10.6 Å². The third-order valence-electron chi connectivity index (χ3n) is 2.97. The van der Waals surface area contributed by atoms with Gasteiger partial charge in [-0.25, -0.2) is 0 Å². The average Bonchev–Trinajstić information content (AvgIpc) is 2.83. The van der Waals surface area contributed by atoms with Crippen LogP contribution < -0.4 is 10.6 Å². The average molecular weight is 287 g/mol. The summed E-state index contributed by atoms with van der Waals surface area (Å²) in [7, 11) is 0. The molecular formula is C13H19ClN2OS. The van der Waals surface area contributed by atoms with Crippen molar-refractivity contribution in [3.05, 3.63) is 35.4 Å². The van der Waals surface area contributed by atoms with Gasteiger partial charge >= 0.3 is 0 Å². The maximum absolute atomic E-state index is 11.9. The van der Waals surface area contributed by atoms with Crippen LogP contribution in [0.25, 0.3) is 0 Å². The molecule has 2 N–H and O–H groups in total. The monoisotopic (exact) mass is 286 g/mol. The molecule has 0 aliphatic carbocycles. The van der Waals surface area contributed by atoms with Gasteiger partial charge in [0, 0.05) is 11.6 Å². The van der Waals surface area contributed by atoms with Gasteiger partial charge in [-0.1, -0.05) is 29.8 Å². The van der Waals surface area contributed by atoms with Gasteiger partial charge in [0.15, 0.2) is 0 Å². The zero-order chi connectivity index (χ0) is 12.3. The number of halogens is 1. The van der Waals surface area contributed by atoms with Gasteiger partial charge < -0.3 is 5.32 Å². The Morgan fingerprint density at radius 3 is 2.67 bits per heavy atom. The van der Waals surface area contributed by atoms with E-state index in [1.165, 1.54) is 5.56 Å². The number of hydrogen-bond acceptors (Lipinski definition) is 3. The Kier molecular flexibility index (Phi) is 5.99. The summed E-state index contributed by atoms with van der Waals surface area (Å²) in [6.45, 7) is 4.08. The smallest absolute Gasteiger partial charge is 0.238 e. The first-order chi connectivity index (χ1) is 8.16. The van der Waals surface area contributed by atoms with E-state index in [-0.39, 0.29) is 30.4 Å². The van der Waals surface area contributed by atoms with E-state index in [0.29, 0.717) is 0 Å². The van der Waals surface area contributed by atoms with Crippen molar-refractivity contribution in [3.8, 4) is 0 Å². The lowest BCUT2D eigenvalue weighted by Crippen LogP contribution is -2.42. The molecule has 0 aromatic heterocycles. The molecule has 1 aromatic rings. The summed E-state index contributed by atoms with van der Waals surface area (Å²) in [6.07, 6.45) is 0. The molecule has 1 amide bonds. The molecule has 3 nitrogen and oxygen atoms in total. The molecule has 0 saturated carbocycles. The highest BCUT2D eigenvalue weighted by molar-refractivity contribution is 7.99. The van der Waals surface area contributed by atoms with Crippen molar-refractivity contribution >= 4 is 30.1 Å². The van der Waals surface area contributed by atoms with Gasteiger partial charge in [0.25, 0.3) is 0 Å². The van der Waals surface area contributed by atoms with Crippen molar-refractivity contribution in [2.45, 2.75) is 25.9 Å². The van der Waals surface area contributed by atoms with Gasteiger partial charge in [-0.05, 0) is 19.4 Å². The Balaban J connectivity index is 0.00000162. The Morgan fingerprint density at radius 2 is 2.11 bits per heavy atom. The van der Waals surface area contributed by atoms with E-state index in [4.69, 9.17) is 0 Å². The van der Waals surface area contributed by atoms with Gasteiger partial charge in [0.05, 0.1) is 12.1 Å². The number of rotatable bonds is 3. The molecule has 0 spiro atoms. The molecule has 18 heavy (non-hydrogen) atoms. The van der Waals surface area contributed by atoms with E-state index in [1.54, 1.807) is 11.8 Å². The number of benzene rings is 1. The number of aryl methyl sites for hydroxylation is 1. The van der Waals surface area contributed by atoms with E-state index >= 15 is 0 Å². The minimum Gasteiger partial charge on any atom is -0.348 e. The van der Waals surface area contributed by atoms with Crippen LogP contribution in [0.5, 0.6) is 0 Å². The molecule has 1 aliphatic rings. The molecule has 1 saturated heterocycles. The van der Waals surface area contributed by atoms with Crippen LogP contribution in [0.3, 0.4) is 0 Å². The number of thioether (sulfide) groups is 1. The highest BCUT2D eigenvalue weighted by atomic mass is 35.5. The summed E-state index contributed by atoms with van der Waals surface area (Å²) in [5, 5.41) is 6.22. The molecular weight excluding hydrogens is 268 g/mol. The molecule has 100 valence electrons. The van der Waals surface area contributed by atoms with Crippen LogP contribution in [-0.2, 0) is 4.79 Å². The third-order valence-corrected chi connectivity index (χ3v) is 3.91. The number of carbonyl (C=O) groups excluding carboxylic acids is 1. The minimum absolute atomic E-state index is 0. The minimum atomic E-state index is -0.0344. The molecule has 1 aliphatic heterocycles. The molecule has 2 unspecified atom stereocenters. The van der Waals surface area contributed by atoms with Gasteiger partial charge in [0.2, 0.25) is 5.91 Å². The normalized spacial score (nSPS) is 20.0. The number of carbonyl (C=O) groups is 1. The highest BCUT2D eigenvalue weighted by Crippen LogP contribution is 2.15. The maximum Gasteiger partial charge on any atom is 0.238 e. The maximum atomic E-state index is 11.9. The number of amides is 1. The Bertz CT molecular complexity index is 390. The van der Waals surface area contributed by atoms with Crippen molar-refractivity contribution < 1.29 is 4.79 Å². The second kappa shape index (κ2) is 7.02.